The van der Waals surface area contributed by atoms with Crippen molar-refractivity contribution in [1.29, 1.82) is 0 Å². The van der Waals surface area contributed by atoms with E-state index in [-0.39, 0.29) is 5.54 Å². The fourth-order valence-corrected chi connectivity index (χ4v) is 5.58. The first-order valence-corrected chi connectivity index (χ1v) is 8.12. The Labute approximate surface area is 124 Å². The van der Waals surface area contributed by atoms with Crippen molar-refractivity contribution in [3.8, 4) is 0 Å². The molecule has 0 radical (unpaired) electrons. The molecule has 2 aromatic rings. The van der Waals surface area contributed by atoms with Crippen molar-refractivity contribution < 1.29 is 0 Å². The fraction of sp³-hybridized carbons (Fsp3) is 0.688. The summed E-state index contributed by atoms with van der Waals surface area (Å²) in [6, 6.07) is 0. The van der Waals surface area contributed by atoms with Gasteiger partial charge in [0, 0.05) is 12.6 Å². The van der Waals surface area contributed by atoms with E-state index in [1.165, 1.54) is 38.5 Å². The van der Waals surface area contributed by atoms with Crippen molar-refractivity contribution >= 4 is 16.9 Å². The molecule has 4 saturated carbocycles. The van der Waals surface area contributed by atoms with Gasteiger partial charge >= 0.3 is 0 Å². The van der Waals surface area contributed by atoms with Crippen molar-refractivity contribution in [2.45, 2.75) is 44.1 Å². The molecule has 0 aliphatic heterocycles. The monoisotopic (exact) mass is 283 g/mol. The molecular weight excluding hydrogens is 262 g/mol. The molecule has 110 valence electrons. The first-order valence-electron chi connectivity index (χ1n) is 8.12. The van der Waals surface area contributed by atoms with Gasteiger partial charge < -0.3 is 5.32 Å². The summed E-state index contributed by atoms with van der Waals surface area (Å²) in [7, 11) is 1.93. The van der Waals surface area contributed by atoms with E-state index in [4.69, 9.17) is 0 Å². The van der Waals surface area contributed by atoms with E-state index < -0.39 is 0 Å². The number of anilines is 1. The quantitative estimate of drug-likeness (QED) is 0.920. The summed E-state index contributed by atoms with van der Waals surface area (Å²) in [5.74, 6) is 3.80. The lowest BCUT2D eigenvalue weighted by Crippen LogP contribution is -2.54. The zero-order valence-corrected chi connectivity index (χ0v) is 12.4. The molecule has 21 heavy (non-hydrogen) atoms. The molecule has 0 atom stereocenters. The normalized spacial score (nSPS) is 37.3. The number of rotatable bonds is 2. The Kier molecular flexibility index (Phi) is 2.25. The number of hydrogen-bond acceptors (Lipinski definition) is 4. The number of hydrogen-bond donors (Lipinski definition) is 1. The van der Waals surface area contributed by atoms with Crippen LogP contribution in [0.1, 0.15) is 38.5 Å². The van der Waals surface area contributed by atoms with E-state index in [2.05, 4.69) is 20.4 Å². The molecule has 5 nitrogen and oxygen atoms in total. The second-order valence-electron chi connectivity index (χ2n) is 7.55. The van der Waals surface area contributed by atoms with Crippen LogP contribution in [-0.4, -0.2) is 25.3 Å². The Morgan fingerprint density at radius 2 is 1.76 bits per heavy atom. The maximum absolute atomic E-state index is 4.52. The van der Waals surface area contributed by atoms with Crippen LogP contribution in [0.3, 0.4) is 0 Å². The molecule has 1 N–H and O–H groups in total. The lowest BCUT2D eigenvalue weighted by Gasteiger charge is -2.57. The number of nitrogens with one attached hydrogen (secondary N) is 1. The zero-order valence-electron chi connectivity index (χ0n) is 12.4. The van der Waals surface area contributed by atoms with Gasteiger partial charge in [-0.05, 0) is 56.3 Å². The van der Waals surface area contributed by atoms with Gasteiger partial charge in [0.1, 0.15) is 12.1 Å². The molecule has 4 fully saturated rings. The van der Waals surface area contributed by atoms with Gasteiger partial charge in [-0.3, -0.25) is 4.68 Å². The van der Waals surface area contributed by atoms with Crippen molar-refractivity contribution in [1.82, 2.24) is 19.7 Å². The predicted octanol–water partition coefficient (Wildman–Crippen LogP) is 2.74. The lowest BCUT2D eigenvalue weighted by atomic mass is 9.53. The fourth-order valence-electron chi connectivity index (χ4n) is 5.58. The standard InChI is InChI=1S/C16H21N5/c1-21-15-13(8-19-21)14(17-9-18-15)20-16-5-10-2-11(6-16)4-12(3-10)7-16/h8-12H,2-7H2,1H3,(H,17,18,20). The Bertz CT molecular complexity index is 668. The minimum atomic E-state index is 0.284. The molecule has 6 rings (SSSR count). The molecule has 4 aliphatic rings. The second-order valence-corrected chi connectivity index (χ2v) is 7.55. The third kappa shape index (κ3) is 1.72. The van der Waals surface area contributed by atoms with Crippen LogP contribution in [0.4, 0.5) is 5.82 Å². The van der Waals surface area contributed by atoms with Crippen molar-refractivity contribution in [3.63, 3.8) is 0 Å². The van der Waals surface area contributed by atoms with Crippen LogP contribution in [-0.2, 0) is 7.05 Å². The molecule has 0 unspecified atom stereocenters. The third-order valence-corrected chi connectivity index (χ3v) is 5.95. The number of aromatic nitrogens is 4. The molecule has 0 aromatic carbocycles. The van der Waals surface area contributed by atoms with Crippen molar-refractivity contribution in [3.05, 3.63) is 12.5 Å². The highest BCUT2D eigenvalue weighted by atomic mass is 15.3. The van der Waals surface area contributed by atoms with Gasteiger partial charge in [0.05, 0.1) is 11.6 Å². The summed E-state index contributed by atoms with van der Waals surface area (Å²) in [5, 5.41) is 9.21. The average Bonchev–Trinajstić information content (AvgIpc) is 2.80. The highest BCUT2D eigenvalue weighted by Crippen LogP contribution is 2.56. The van der Waals surface area contributed by atoms with Gasteiger partial charge in [-0.15, -0.1) is 0 Å². The smallest absolute Gasteiger partial charge is 0.163 e. The summed E-state index contributed by atoms with van der Waals surface area (Å²) < 4.78 is 1.82. The molecule has 0 amide bonds. The molecule has 4 aliphatic carbocycles. The molecule has 2 aromatic heterocycles. The molecule has 0 spiro atoms. The van der Waals surface area contributed by atoms with Crippen LogP contribution in [0.25, 0.3) is 11.0 Å². The van der Waals surface area contributed by atoms with Gasteiger partial charge in [0.15, 0.2) is 5.65 Å². The van der Waals surface area contributed by atoms with Crippen molar-refractivity contribution in [2.75, 3.05) is 5.32 Å². The second kappa shape index (κ2) is 3.96. The summed E-state index contributed by atoms with van der Waals surface area (Å²) in [6.07, 6.45) is 11.9. The summed E-state index contributed by atoms with van der Waals surface area (Å²) in [6.45, 7) is 0. The Hall–Kier alpha value is -1.65. The van der Waals surface area contributed by atoms with Crippen molar-refractivity contribution in [2.24, 2.45) is 24.8 Å². The lowest BCUT2D eigenvalue weighted by molar-refractivity contribution is 0.0106. The molecule has 2 heterocycles. The maximum atomic E-state index is 4.52. The summed E-state index contributed by atoms with van der Waals surface area (Å²) in [5.41, 5.74) is 1.20. The van der Waals surface area contributed by atoms with E-state index >= 15 is 0 Å². The topological polar surface area (TPSA) is 55.6 Å². The van der Waals surface area contributed by atoms with E-state index in [9.17, 15) is 0 Å². The highest BCUT2D eigenvalue weighted by molar-refractivity contribution is 5.86. The van der Waals surface area contributed by atoms with Gasteiger partial charge in [0.2, 0.25) is 0 Å². The number of fused-ring (bicyclic) bond motifs is 1. The molecule has 4 bridgehead atoms. The van der Waals surface area contributed by atoms with Gasteiger partial charge in [0.25, 0.3) is 0 Å². The Balaban J connectivity index is 1.54. The first kappa shape index (κ1) is 12.0. The predicted molar refractivity (Wildman–Crippen MR) is 80.8 cm³/mol. The first-order chi connectivity index (χ1) is 10.2. The minimum Gasteiger partial charge on any atom is -0.364 e. The van der Waals surface area contributed by atoms with E-state index in [1.54, 1.807) is 6.33 Å². The van der Waals surface area contributed by atoms with Gasteiger partial charge in [-0.1, -0.05) is 0 Å². The molecule has 0 saturated heterocycles. The molecule has 5 heteroatoms. The average molecular weight is 283 g/mol. The van der Waals surface area contributed by atoms with Crippen LogP contribution in [0, 0.1) is 17.8 Å². The van der Waals surface area contributed by atoms with E-state index in [1.807, 2.05) is 17.9 Å². The van der Waals surface area contributed by atoms with E-state index in [0.29, 0.717) is 0 Å². The highest BCUT2D eigenvalue weighted by Gasteiger charge is 2.51. The number of nitrogens with zero attached hydrogens (tertiary/aromatic N) is 4. The van der Waals surface area contributed by atoms with E-state index in [0.717, 1.165) is 34.6 Å². The maximum Gasteiger partial charge on any atom is 0.163 e. The van der Waals surface area contributed by atoms with Gasteiger partial charge in [-0.25, -0.2) is 9.97 Å². The van der Waals surface area contributed by atoms with Gasteiger partial charge in [-0.2, -0.15) is 5.10 Å². The number of aryl methyl sites for hydroxylation is 1. The van der Waals surface area contributed by atoms with Crippen LogP contribution >= 0.6 is 0 Å². The zero-order chi connectivity index (χ0) is 14.0. The molecular formula is C16H21N5. The van der Waals surface area contributed by atoms with Crippen LogP contribution in [0.2, 0.25) is 0 Å². The van der Waals surface area contributed by atoms with Crippen LogP contribution < -0.4 is 5.32 Å². The summed E-state index contributed by atoms with van der Waals surface area (Å²) in [4.78, 5) is 8.87. The Morgan fingerprint density at radius 3 is 2.43 bits per heavy atom. The minimum absolute atomic E-state index is 0.284. The third-order valence-electron chi connectivity index (χ3n) is 5.95. The van der Waals surface area contributed by atoms with Crippen LogP contribution in [0.5, 0.6) is 0 Å². The Morgan fingerprint density at radius 1 is 1.10 bits per heavy atom. The largest absolute Gasteiger partial charge is 0.364 e. The SMILES string of the molecule is Cn1ncc2c(NC34CC5CC(CC(C5)C3)C4)ncnc21. The summed E-state index contributed by atoms with van der Waals surface area (Å²) >= 11 is 0. The van der Waals surface area contributed by atoms with Crippen LogP contribution in [0.15, 0.2) is 12.5 Å².